The van der Waals surface area contributed by atoms with Crippen LogP contribution in [-0.4, -0.2) is 47.1 Å². The lowest BCUT2D eigenvalue weighted by Gasteiger charge is -2.26. The summed E-state index contributed by atoms with van der Waals surface area (Å²) in [7, 11) is 0. The number of ether oxygens (including phenoxy) is 2. The molecule has 0 N–H and O–H groups in total. The van der Waals surface area contributed by atoms with Gasteiger partial charge in [-0.3, -0.25) is 4.79 Å². The number of anilines is 1. The van der Waals surface area contributed by atoms with E-state index in [1.165, 1.54) is 0 Å². The Bertz CT molecular complexity index is 1050. The molecule has 0 bridgehead atoms. The number of carbonyl (C=O) groups is 1. The van der Waals surface area contributed by atoms with E-state index < -0.39 is 0 Å². The SMILES string of the molecule is O=C(c1ccccc1Oc1ccccc1)N1Cc2cnc(N3CCOCC3)nc2C1. The van der Waals surface area contributed by atoms with E-state index in [4.69, 9.17) is 14.5 Å². The molecule has 0 spiro atoms. The largest absolute Gasteiger partial charge is 0.457 e. The fourth-order valence-electron chi connectivity index (χ4n) is 3.72. The number of aromatic nitrogens is 2. The van der Waals surface area contributed by atoms with Crippen LogP contribution in [0.3, 0.4) is 0 Å². The Labute approximate surface area is 174 Å². The van der Waals surface area contributed by atoms with E-state index in [9.17, 15) is 4.79 Å². The van der Waals surface area contributed by atoms with Crippen LogP contribution in [0.25, 0.3) is 0 Å². The minimum atomic E-state index is -0.0764. The van der Waals surface area contributed by atoms with Crippen molar-refractivity contribution in [3.63, 3.8) is 0 Å². The molecular weight excluding hydrogens is 380 g/mol. The van der Waals surface area contributed by atoms with Crippen molar-refractivity contribution < 1.29 is 14.3 Å². The van der Waals surface area contributed by atoms with Crippen LogP contribution in [0, 0.1) is 0 Å². The highest BCUT2D eigenvalue weighted by atomic mass is 16.5. The van der Waals surface area contributed by atoms with Gasteiger partial charge in [-0.15, -0.1) is 0 Å². The third kappa shape index (κ3) is 3.71. The number of fused-ring (bicyclic) bond motifs is 1. The molecule has 30 heavy (non-hydrogen) atoms. The first-order valence-corrected chi connectivity index (χ1v) is 10.1. The smallest absolute Gasteiger partial charge is 0.258 e. The highest BCUT2D eigenvalue weighted by molar-refractivity contribution is 5.97. The predicted octanol–water partition coefficient (Wildman–Crippen LogP) is 3.26. The first kappa shape index (κ1) is 18.6. The molecule has 152 valence electrons. The number of para-hydroxylation sites is 2. The van der Waals surface area contributed by atoms with Crippen molar-refractivity contribution in [1.29, 1.82) is 0 Å². The van der Waals surface area contributed by atoms with Gasteiger partial charge in [0.15, 0.2) is 0 Å². The van der Waals surface area contributed by atoms with Crippen LogP contribution in [0.2, 0.25) is 0 Å². The topological polar surface area (TPSA) is 67.8 Å². The Morgan fingerprint density at radius 3 is 2.57 bits per heavy atom. The van der Waals surface area contributed by atoms with Crippen molar-refractivity contribution in [2.24, 2.45) is 0 Å². The average molecular weight is 402 g/mol. The molecule has 0 aliphatic carbocycles. The van der Waals surface area contributed by atoms with Gasteiger partial charge in [0.05, 0.1) is 31.0 Å². The van der Waals surface area contributed by atoms with Crippen molar-refractivity contribution in [3.8, 4) is 11.5 Å². The van der Waals surface area contributed by atoms with Crippen LogP contribution in [0.1, 0.15) is 21.6 Å². The van der Waals surface area contributed by atoms with Crippen LogP contribution in [0.15, 0.2) is 60.8 Å². The summed E-state index contributed by atoms with van der Waals surface area (Å²) in [5, 5.41) is 0. The predicted molar refractivity (Wildman–Crippen MR) is 112 cm³/mol. The Hall–Kier alpha value is -3.45. The van der Waals surface area contributed by atoms with Crippen LogP contribution < -0.4 is 9.64 Å². The molecule has 5 rings (SSSR count). The maximum atomic E-state index is 13.3. The summed E-state index contributed by atoms with van der Waals surface area (Å²) >= 11 is 0. The van der Waals surface area contributed by atoms with Crippen molar-refractivity contribution in [2.45, 2.75) is 13.1 Å². The third-order valence-corrected chi connectivity index (χ3v) is 5.31. The zero-order chi connectivity index (χ0) is 20.3. The first-order chi connectivity index (χ1) is 14.8. The highest BCUT2D eigenvalue weighted by Gasteiger charge is 2.28. The van der Waals surface area contributed by atoms with E-state index in [1.807, 2.05) is 54.7 Å². The summed E-state index contributed by atoms with van der Waals surface area (Å²) in [6.07, 6.45) is 1.84. The van der Waals surface area contributed by atoms with Gasteiger partial charge in [0, 0.05) is 31.4 Å². The van der Waals surface area contributed by atoms with E-state index in [-0.39, 0.29) is 5.91 Å². The molecule has 3 heterocycles. The number of benzene rings is 2. The van der Waals surface area contributed by atoms with E-state index in [0.717, 1.165) is 24.3 Å². The standard InChI is InChI=1S/C23H22N4O3/c28-22(19-8-4-5-9-21(19)30-18-6-2-1-3-7-18)27-15-17-14-24-23(25-20(17)16-27)26-10-12-29-13-11-26/h1-9,14H,10-13,15-16H2. The summed E-state index contributed by atoms with van der Waals surface area (Å²) in [6.45, 7) is 3.90. The number of hydrogen-bond donors (Lipinski definition) is 0. The van der Waals surface area contributed by atoms with Crippen LogP contribution in [-0.2, 0) is 17.8 Å². The lowest BCUT2D eigenvalue weighted by atomic mass is 10.1. The Morgan fingerprint density at radius 2 is 1.73 bits per heavy atom. The average Bonchev–Trinajstić information content (AvgIpc) is 3.24. The molecule has 0 unspecified atom stereocenters. The lowest BCUT2D eigenvalue weighted by molar-refractivity contribution is 0.0748. The summed E-state index contributed by atoms with van der Waals surface area (Å²) in [6, 6.07) is 16.8. The van der Waals surface area contributed by atoms with E-state index in [2.05, 4.69) is 9.88 Å². The second kappa shape index (κ2) is 8.12. The van der Waals surface area contributed by atoms with Crippen LogP contribution >= 0.6 is 0 Å². The van der Waals surface area contributed by atoms with Gasteiger partial charge in [-0.05, 0) is 24.3 Å². The second-order valence-electron chi connectivity index (χ2n) is 7.31. The molecule has 2 aromatic carbocycles. The van der Waals surface area contributed by atoms with Gasteiger partial charge in [0.2, 0.25) is 5.95 Å². The molecule has 0 saturated carbocycles. The minimum absolute atomic E-state index is 0.0764. The van der Waals surface area contributed by atoms with Crippen molar-refractivity contribution in [2.75, 3.05) is 31.2 Å². The molecule has 2 aliphatic heterocycles. The van der Waals surface area contributed by atoms with Gasteiger partial charge in [-0.1, -0.05) is 30.3 Å². The quantitative estimate of drug-likeness (QED) is 0.667. The highest BCUT2D eigenvalue weighted by Crippen LogP contribution is 2.29. The first-order valence-electron chi connectivity index (χ1n) is 10.1. The van der Waals surface area contributed by atoms with Gasteiger partial charge < -0.3 is 19.3 Å². The number of nitrogens with zero attached hydrogens (tertiary/aromatic N) is 4. The summed E-state index contributed by atoms with van der Waals surface area (Å²) in [5.74, 6) is 1.87. The molecule has 1 saturated heterocycles. The number of morpholine rings is 1. The molecule has 1 fully saturated rings. The Kier molecular flexibility index (Phi) is 5.03. The maximum absolute atomic E-state index is 13.3. The van der Waals surface area contributed by atoms with Gasteiger partial charge >= 0.3 is 0 Å². The Balaban J connectivity index is 1.35. The molecule has 0 atom stereocenters. The van der Waals surface area contributed by atoms with Gasteiger partial charge in [-0.25, -0.2) is 9.97 Å². The normalized spacial score (nSPS) is 15.7. The lowest BCUT2D eigenvalue weighted by Crippen LogP contribution is -2.37. The number of carbonyl (C=O) groups excluding carboxylic acids is 1. The number of hydrogen-bond acceptors (Lipinski definition) is 6. The fourth-order valence-corrected chi connectivity index (χ4v) is 3.72. The molecule has 1 amide bonds. The fraction of sp³-hybridized carbons (Fsp3) is 0.261. The van der Waals surface area contributed by atoms with Crippen molar-refractivity contribution in [1.82, 2.24) is 14.9 Å². The summed E-state index contributed by atoms with van der Waals surface area (Å²) < 4.78 is 11.4. The van der Waals surface area contributed by atoms with Gasteiger partial charge in [-0.2, -0.15) is 0 Å². The van der Waals surface area contributed by atoms with E-state index in [1.54, 1.807) is 11.0 Å². The van der Waals surface area contributed by atoms with E-state index >= 15 is 0 Å². The molecule has 1 aromatic heterocycles. The summed E-state index contributed by atoms with van der Waals surface area (Å²) in [5.41, 5.74) is 2.43. The zero-order valence-electron chi connectivity index (χ0n) is 16.5. The molecular formula is C23H22N4O3. The van der Waals surface area contributed by atoms with Crippen LogP contribution in [0.5, 0.6) is 11.5 Å². The summed E-state index contributed by atoms with van der Waals surface area (Å²) in [4.78, 5) is 26.4. The second-order valence-corrected chi connectivity index (χ2v) is 7.31. The van der Waals surface area contributed by atoms with Crippen molar-refractivity contribution >= 4 is 11.9 Å². The maximum Gasteiger partial charge on any atom is 0.258 e. The van der Waals surface area contributed by atoms with E-state index in [0.29, 0.717) is 49.3 Å². The number of amides is 1. The van der Waals surface area contributed by atoms with Gasteiger partial charge in [0.25, 0.3) is 5.91 Å². The molecule has 3 aromatic rings. The van der Waals surface area contributed by atoms with Crippen molar-refractivity contribution in [3.05, 3.63) is 77.6 Å². The molecule has 0 radical (unpaired) electrons. The zero-order valence-corrected chi connectivity index (χ0v) is 16.5. The molecule has 7 heteroatoms. The Morgan fingerprint density at radius 1 is 0.967 bits per heavy atom. The number of rotatable bonds is 4. The van der Waals surface area contributed by atoms with Crippen LogP contribution in [0.4, 0.5) is 5.95 Å². The molecule has 7 nitrogen and oxygen atoms in total. The monoisotopic (exact) mass is 402 g/mol. The third-order valence-electron chi connectivity index (χ3n) is 5.31. The minimum Gasteiger partial charge on any atom is -0.457 e. The van der Waals surface area contributed by atoms with Gasteiger partial charge in [0.1, 0.15) is 11.5 Å². The molecule has 2 aliphatic rings.